The van der Waals surface area contributed by atoms with Crippen LogP contribution < -0.4 is 5.56 Å². The van der Waals surface area contributed by atoms with E-state index in [1.165, 1.54) is 68.9 Å². The third-order valence-electron chi connectivity index (χ3n) is 7.26. The minimum atomic E-state index is -1.82. The predicted molar refractivity (Wildman–Crippen MR) is 141 cm³/mol. The number of aryl methyl sites for hydroxylation is 1. The first-order valence-corrected chi connectivity index (χ1v) is 13.0. The van der Waals surface area contributed by atoms with Gasteiger partial charge in [-0.1, -0.05) is 74.6 Å². The van der Waals surface area contributed by atoms with Crippen molar-refractivity contribution in [3.63, 3.8) is 0 Å². The molecule has 7 heteroatoms. The number of benzene rings is 1. The number of carboxylic acids is 2. The zero-order valence-corrected chi connectivity index (χ0v) is 20.9. The molecule has 4 rings (SSSR count). The molecule has 3 N–H and O–H groups in total. The fourth-order valence-electron chi connectivity index (χ4n) is 5.13. The van der Waals surface area contributed by atoms with E-state index in [-0.39, 0.29) is 5.56 Å². The predicted octanol–water partition coefficient (Wildman–Crippen LogP) is 4.97. The first kappa shape index (κ1) is 27.4. The highest BCUT2D eigenvalue weighted by Gasteiger charge is 2.18. The van der Waals surface area contributed by atoms with Crippen molar-refractivity contribution in [2.24, 2.45) is 11.8 Å². The van der Waals surface area contributed by atoms with Gasteiger partial charge in [0.25, 0.3) is 5.56 Å². The zero-order valence-electron chi connectivity index (χ0n) is 20.9. The van der Waals surface area contributed by atoms with Crippen molar-refractivity contribution in [1.29, 1.82) is 0 Å². The van der Waals surface area contributed by atoms with E-state index in [2.05, 4.69) is 46.3 Å². The standard InChI is InChI=1S/C27H36N2O.C2H2O4/c30-27-26(11-6-18-28-27)21-29-19-16-23(17-20-29)13-15-25-10-5-4-9-24(25)14-12-22-7-2-1-3-8-22;3-1(4)2(5)6/h4-6,9-11,13,15,18,22-23H,1-3,7-8,12,14,16-17,19-21H2,(H,28,30);(H,3,4)(H,5,6). The minimum Gasteiger partial charge on any atom is -0.473 e. The quantitative estimate of drug-likeness (QED) is 0.469. The van der Waals surface area contributed by atoms with E-state index in [1.807, 2.05) is 12.1 Å². The van der Waals surface area contributed by atoms with Crippen molar-refractivity contribution < 1.29 is 19.8 Å². The molecule has 1 aliphatic carbocycles. The second-order valence-corrected chi connectivity index (χ2v) is 9.85. The number of nitrogens with one attached hydrogen (secondary N) is 1. The molecule has 0 unspecified atom stereocenters. The van der Waals surface area contributed by atoms with E-state index in [4.69, 9.17) is 19.8 Å². The number of piperidine rings is 1. The Morgan fingerprint density at radius 3 is 2.25 bits per heavy atom. The van der Waals surface area contributed by atoms with Crippen molar-refractivity contribution in [3.05, 3.63) is 75.7 Å². The summed E-state index contributed by atoms with van der Waals surface area (Å²) in [5.74, 6) is -2.07. The molecule has 1 aliphatic heterocycles. The van der Waals surface area contributed by atoms with Crippen molar-refractivity contribution in [3.8, 4) is 0 Å². The summed E-state index contributed by atoms with van der Waals surface area (Å²) in [4.78, 5) is 35.3. The summed E-state index contributed by atoms with van der Waals surface area (Å²) < 4.78 is 0. The second kappa shape index (κ2) is 14.4. The number of hydrogen-bond acceptors (Lipinski definition) is 4. The summed E-state index contributed by atoms with van der Waals surface area (Å²) in [7, 11) is 0. The summed E-state index contributed by atoms with van der Waals surface area (Å²) >= 11 is 0. The number of H-pyrrole nitrogens is 1. The van der Waals surface area contributed by atoms with Gasteiger partial charge in [0, 0.05) is 18.3 Å². The number of aromatic nitrogens is 1. The molecule has 1 saturated carbocycles. The van der Waals surface area contributed by atoms with E-state index < -0.39 is 11.9 Å². The molecule has 1 aromatic carbocycles. The molecule has 0 spiro atoms. The Morgan fingerprint density at radius 1 is 0.917 bits per heavy atom. The van der Waals surface area contributed by atoms with Crippen LogP contribution in [0.4, 0.5) is 0 Å². The van der Waals surface area contributed by atoms with E-state index >= 15 is 0 Å². The van der Waals surface area contributed by atoms with E-state index in [9.17, 15) is 4.79 Å². The van der Waals surface area contributed by atoms with E-state index in [1.54, 1.807) is 6.20 Å². The van der Waals surface area contributed by atoms with Crippen LogP contribution in [0.15, 0.2) is 53.5 Å². The molecule has 2 aromatic rings. The maximum Gasteiger partial charge on any atom is 0.414 e. The highest BCUT2D eigenvalue weighted by atomic mass is 16.4. The Kier molecular flexibility index (Phi) is 11.0. The first-order valence-electron chi connectivity index (χ1n) is 13.0. The second-order valence-electron chi connectivity index (χ2n) is 9.85. The summed E-state index contributed by atoms with van der Waals surface area (Å²) in [6.07, 6.45) is 18.6. The third kappa shape index (κ3) is 9.11. The number of aliphatic carboxylic acids is 2. The fourth-order valence-corrected chi connectivity index (χ4v) is 5.13. The van der Waals surface area contributed by atoms with Crippen molar-refractivity contribution in [1.82, 2.24) is 9.88 Å². The molecule has 0 atom stereocenters. The summed E-state index contributed by atoms with van der Waals surface area (Å²) in [6, 6.07) is 12.8. The van der Waals surface area contributed by atoms with Crippen molar-refractivity contribution in [2.45, 2.75) is 64.3 Å². The minimum absolute atomic E-state index is 0.0457. The van der Waals surface area contributed by atoms with Gasteiger partial charge >= 0.3 is 11.9 Å². The van der Waals surface area contributed by atoms with Crippen LogP contribution in [0.3, 0.4) is 0 Å². The maximum atomic E-state index is 11.9. The van der Waals surface area contributed by atoms with Gasteiger partial charge in [-0.2, -0.15) is 0 Å². The monoisotopic (exact) mass is 494 g/mol. The summed E-state index contributed by atoms with van der Waals surface area (Å²) in [6.45, 7) is 2.88. The third-order valence-corrected chi connectivity index (χ3v) is 7.26. The zero-order chi connectivity index (χ0) is 25.8. The molecule has 7 nitrogen and oxygen atoms in total. The number of hydrogen-bond donors (Lipinski definition) is 3. The molecule has 0 amide bonds. The average molecular weight is 495 g/mol. The molecule has 1 aromatic heterocycles. The number of likely N-dealkylation sites (tertiary alicyclic amines) is 1. The number of aromatic amines is 1. The van der Waals surface area contributed by atoms with Crippen LogP contribution in [0.2, 0.25) is 0 Å². The lowest BCUT2D eigenvalue weighted by molar-refractivity contribution is -0.159. The topological polar surface area (TPSA) is 111 Å². The average Bonchev–Trinajstić information content (AvgIpc) is 2.90. The molecular formula is C29H38N2O5. The summed E-state index contributed by atoms with van der Waals surface area (Å²) in [5, 5.41) is 14.8. The normalized spacial score (nSPS) is 17.4. The number of carbonyl (C=O) groups is 2. The molecule has 194 valence electrons. The Labute approximate surface area is 212 Å². The highest BCUT2D eigenvalue weighted by Crippen LogP contribution is 2.28. The van der Waals surface area contributed by atoms with Gasteiger partial charge in [0.15, 0.2) is 0 Å². The fraction of sp³-hybridized carbons (Fsp3) is 0.483. The van der Waals surface area contributed by atoms with Crippen molar-refractivity contribution in [2.75, 3.05) is 13.1 Å². The van der Waals surface area contributed by atoms with Gasteiger partial charge in [-0.3, -0.25) is 9.69 Å². The molecule has 0 radical (unpaired) electrons. The van der Waals surface area contributed by atoms with Crippen LogP contribution in [-0.2, 0) is 22.6 Å². The lowest BCUT2D eigenvalue weighted by Gasteiger charge is -2.30. The Bertz CT molecular complexity index is 1050. The van der Waals surface area contributed by atoms with Gasteiger partial charge < -0.3 is 15.2 Å². The molecule has 36 heavy (non-hydrogen) atoms. The Balaban J connectivity index is 0.000000538. The van der Waals surface area contributed by atoms with Crippen LogP contribution in [0.1, 0.15) is 68.1 Å². The summed E-state index contributed by atoms with van der Waals surface area (Å²) in [5.41, 5.74) is 3.84. The number of pyridine rings is 1. The van der Waals surface area contributed by atoms with Crippen LogP contribution in [0.5, 0.6) is 0 Å². The van der Waals surface area contributed by atoms with Gasteiger partial charge in [-0.05, 0) is 67.8 Å². The van der Waals surface area contributed by atoms with Crippen LogP contribution in [0.25, 0.3) is 6.08 Å². The van der Waals surface area contributed by atoms with Crippen LogP contribution >= 0.6 is 0 Å². The lowest BCUT2D eigenvalue weighted by atomic mass is 9.84. The van der Waals surface area contributed by atoms with Gasteiger partial charge in [0.1, 0.15) is 0 Å². The number of rotatable bonds is 7. The van der Waals surface area contributed by atoms with E-state index in [0.717, 1.165) is 31.1 Å². The van der Waals surface area contributed by atoms with Gasteiger partial charge in [-0.15, -0.1) is 0 Å². The molecular weight excluding hydrogens is 456 g/mol. The van der Waals surface area contributed by atoms with Crippen LogP contribution in [0, 0.1) is 11.8 Å². The maximum absolute atomic E-state index is 11.9. The molecule has 2 fully saturated rings. The molecule has 1 saturated heterocycles. The SMILES string of the molecule is O=C(O)C(=O)O.O=c1[nH]cccc1CN1CCC(C=Cc2ccccc2CCC2CCCCC2)CC1. The highest BCUT2D eigenvalue weighted by molar-refractivity contribution is 6.27. The number of allylic oxidation sites excluding steroid dienone is 1. The first-order chi connectivity index (χ1) is 17.4. The molecule has 2 aliphatic rings. The van der Waals surface area contributed by atoms with Gasteiger partial charge in [0.2, 0.25) is 0 Å². The largest absolute Gasteiger partial charge is 0.473 e. The molecule has 2 heterocycles. The lowest BCUT2D eigenvalue weighted by Crippen LogP contribution is -2.34. The number of carboxylic acid groups (broad SMARTS) is 2. The van der Waals surface area contributed by atoms with Gasteiger partial charge in [-0.25, -0.2) is 9.59 Å². The smallest absolute Gasteiger partial charge is 0.414 e. The molecule has 0 bridgehead atoms. The van der Waals surface area contributed by atoms with Gasteiger partial charge in [0.05, 0.1) is 0 Å². The number of nitrogens with zero attached hydrogens (tertiary/aromatic N) is 1. The Morgan fingerprint density at radius 2 is 1.58 bits per heavy atom. The van der Waals surface area contributed by atoms with Crippen LogP contribution in [-0.4, -0.2) is 45.1 Å². The van der Waals surface area contributed by atoms with Crippen molar-refractivity contribution >= 4 is 18.0 Å². The van der Waals surface area contributed by atoms with E-state index in [0.29, 0.717) is 5.92 Å². The Hall–Kier alpha value is -3.19.